The molecule has 1 aromatic rings. The Balaban J connectivity index is 0.00000128. The summed E-state index contributed by atoms with van der Waals surface area (Å²) in [5.41, 5.74) is 1.22. The number of hydrogen-bond donors (Lipinski definition) is 1. The van der Waals surface area contributed by atoms with E-state index >= 15 is 0 Å². The Morgan fingerprint density at radius 1 is 1.25 bits per heavy atom. The molecule has 0 aliphatic carbocycles. The Bertz CT molecular complexity index is 344. The van der Waals surface area contributed by atoms with Gasteiger partial charge in [-0.25, -0.2) is 0 Å². The van der Waals surface area contributed by atoms with Gasteiger partial charge in [-0.1, -0.05) is 0 Å². The van der Waals surface area contributed by atoms with Crippen molar-refractivity contribution in [2.75, 3.05) is 20.8 Å². The molecule has 0 aromatic heterocycles. The van der Waals surface area contributed by atoms with Crippen LogP contribution in [0, 0.1) is 0 Å². The Kier molecular flexibility index (Phi) is 4.89. The Labute approximate surface area is 110 Å². The Morgan fingerprint density at radius 3 is 2.06 bits per heavy atom. The standard InChI is InChI=1S/C11H14BrNO2.ClH/c1-14-9-5-7(8-3-4-13-8)6-10(15-2)11(9)12;/h5-6,8,13H,3-4H2,1-2H3;1H/t8-;/m0./s1. The van der Waals surface area contributed by atoms with E-state index in [1.54, 1.807) is 14.2 Å². The van der Waals surface area contributed by atoms with Crippen molar-refractivity contribution in [2.45, 2.75) is 12.5 Å². The summed E-state index contributed by atoms with van der Waals surface area (Å²) in [4.78, 5) is 0. The molecule has 1 atom stereocenters. The van der Waals surface area contributed by atoms with Crippen LogP contribution in [0.4, 0.5) is 0 Å². The molecule has 1 aliphatic rings. The summed E-state index contributed by atoms with van der Waals surface area (Å²) in [5.74, 6) is 1.64. The monoisotopic (exact) mass is 307 g/mol. The van der Waals surface area contributed by atoms with E-state index in [2.05, 4.69) is 21.2 Å². The first kappa shape index (κ1) is 13.6. The molecule has 0 bridgehead atoms. The van der Waals surface area contributed by atoms with Crippen molar-refractivity contribution in [1.82, 2.24) is 5.32 Å². The van der Waals surface area contributed by atoms with E-state index in [0.717, 1.165) is 22.5 Å². The maximum Gasteiger partial charge on any atom is 0.137 e. The van der Waals surface area contributed by atoms with Crippen LogP contribution in [0.5, 0.6) is 11.5 Å². The third kappa shape index (κ3) is 2.44. The van der Waals surface area contributed by atoms with Crippen LogP contribution in [0.25, 0.3) is 0 Å². The Hall–Kier alpha value is -0.450. The summed E-state index contributed by atoms with van der Waals surface area (Å²) in [6, 6.07) is 4.54. The molecule has 0 spiro atoms. The van der Waals surface area contributed by atoms with Crippen molar-refractivity contribution >= 4 is 28.3 Å². The molecule has 5 heteroatoms. The number of hydrogen-bond acceptors (Lipinski definition) is 3. The van der Waals surface area contributed by atoms with E-state index in [-0.39, 0.29) is 12.4 Å². The molecular formula is C11H15BrClNO2. The first-order valence-electron chi connectivity index (χ1n) is 4.91. The van der Waals surface area contributed by atoms with Gasteiger partial charge in [0.25, 0.3) is 0 Å². The van der Waals surface area contributed by atoms with Crippen LogP contribution < -0.4 is 14.8 Å². The van der Waals surface area contributed by atoms with E-state index in [1.165, 1.54) is 12.0 Å². The number of nitrogens with one attached hydrogen (secondary N) is 1. The van der Waals surface area contributed by atoms with Gasteiger partial charge in [0.15, 0.2) is 0 Å². The lowest BCUT2D eigenvalue weighted by atomic mass is 9.97. The highest BCUT2D eigenvalue weighted by Gasteiger charge is 2.21. The molecule has 0 unspecified atom stereocenters. The maximum absolute atomic E-state index is 5.29. The number of methoxy groups -OCH3 is 2. The minimum atomic E-state index is 0. The highest BCUT2D eigenvalue weighted by Crippen LogP contribution is 2.38. The molecule has 0 radical (unpaired) electrons. The van der Waals surface area contributed by atoms with Crippen molar-refractivity contribution in [2.24, 2.45) is 0 Å². The zero-order valence-corrected chi connectivity index (χ0v) is 11.7. The van der Waals surface area contributed by atoms with Crippen LogP contribution in [0.3, 0.4) is 0 Å². The fraction of sp³-hybridized carbons (Fsp3) is 0.455. The van der Waals surface area contributed by atoms with Crippen LogP contribution >= 0.6 is 28.3 Å². The molecule has 1 fully saturated rings. The van der Waals surface area contributed by atoms with Gasteiger partial charge in [-0.2, -0.15) is 0 Å². The third-order valence-corrected chi connectivity index (χ3v) is 3.48. The predicted molar refractivity (Wildman–Crippen MR) is 69.9 cm³/mol. The molecule has 90 valence electrons. The number of rotatable bonds is 3. The van der Waals surface area contributed by atoms with Crippen molar-refractivity contribution in [3.05, 3.63) is 22.2 Å². The number of benzene rings is 1. The van der Waals surface area contributed by atoms with Crippen molar-refractivity contribution in [1.29, 1.82) is 0 Å². The molecule has 1 saturated heterocycles. The van der Waals surface area contributed by atoms with E-state index in [9.17, 15) is 0 Å². The zero-order chi connectivity index (χ0) is 10.8. The predicted octanol–water partition coefficient (Wildman–Crippen LogP) is 2.92. The fourth-order valence-electron chi connectivity index (χ4n) is 1.66. The highest BCUT2D eigenvalue weighted by molar-refractivity contribution is 9.10. The summed E-state index contributed by atoms with van der Waals surface area (Å²) >= 11 is 3.45. The topological polar surface area (TPSA) is 30.5 Å². The van der Waals surface area contributed by atoms with Crippen LogP contribution in [0.15, 0.2) is 16.6 Å². The second-order valence-electron chi connectivity index (χ2n) is 3.53. The van der Waals surface area contributed by atoms with Crippen molar-refractivity contribution in [3.8, 4) is 11.5 Å². The largest absolute Gasteiger partial charge is 0.495 e. The lowest BCUT2D eigenvalue weighted by Crippen LogP contribution is -2.34. The minimum absolute atomic E-state index is 0. The summed E-state index contributed by atoms with van der Waals surface area (Å²) < 4.78 is 11.5. The smallest absolute Gasteiger partial charge is 0.137 e. The summed E-state index contributed by atoms with van der Waals surface area (Å²) in [7, 11) is 3.33. The molecule has 16 heavy (non-hydrogen) atoms. The van der Waals surface area contributed by atoms with Crippen LogP contribution in [-0.4, -0.2) is 20.8 Å². The molecule has 1 aliphatic heterocycles. The van der Waals surface area contributed by atoms with Gasteiger partial charge in [0, 0.05) is 6.04 Å². The van der Waals surface area contributed by atoms with Crippen LogP contribution in [-0.2, 0) is 0 Å². The zero-order valence-electron chi connectivity index (χ0n) is 9.25. The minimum Gasteiger partial charge on any atom is -0.495 e. The average molecular weight is 309 g/mol. The van der Waals surface area contributed by atoms with Crippen LogP contribution in [0.2, 0.25) is 0 Å². The lowest BCUT2D eigenvalue weighted by Gasteiger charge is -2.28. The molecule has 1 N–H and O–H groups in total. The molecular weight excluding hydrogens is 293 g/mol. The lowest BCUT2D eigenvalue weighted by molar-refractivity contribution is 0.366. The second-order valence-corrected chi connectivity index (χ2v) is 4.33. The first-order chi connectivity index (χ1) is 7.26. The van der Waals surface area contributed by atoms with Gasteiger partial charge >= 0.3 is 0 Å². The van der Waals surface area contributed by atoms with Gasteiger partial charge in [0.05, 0.1) is 14.2 Å². The van der Waals surface area contributed by atoms with E-state index < -0.39 is 0 Å². The quantitative estimate of drug-likeness (QED) is 0.931. The average Bonchev–Trinajstić information content (AvgIpc) is 2.17. The second kappa shape index (κ2) is 5.75. The summed E-state index contributed by atoms with van der Waals surface area (Å²) in [5, 5.41) is 3.36. The molecule has 1 aromatic carbocycles. The van der Waals surface area contributed by atoms with E-state index in [0.29, 0.717) is 6.04 Å². The van der Waals surface area contributed by atoms with Gasteiger partial charge < -0.3 is 14.8 Å². The molecule has 0 amide bonds. The van der Waals surface area contributed by atoms with Gasteiger partial charge in [-0.3, -0.25) is 0 Å². The summed E-state index contributed by atoms with van der Waals surface area (Å²) in [6.45, 7) is 1.09. The van der Waals surface area contributed by atoms with Gasteiger partial charge in [-0.15, -0.1) is 12.4 Å². The normalized spacial score (nSPS) is 18.3. The van der Waals surface area contributed by atoms with E-state index in [1.807, 2.05) is 12.1 Å². The summed E-state index contributed by atoms with van der Waals surface area (Å²) in [6.07, 6.45) is 1.17. The number of ether oxygens (including phenoxy) is 2. The molecule has 2 rings (SSSR count). The Morgan fingerprint density at radius 2 is 1.75 bits per heavy atom. The van der Waals surface area contributed by atoms with Gasteiger partial charge in [-0.05, 0) is 46.6 Å². The SMILES string of the molecule is COc1cc([C@@H]2CCN2)cc(OC)c1Br.Cl. The van der Waals surface area contributed by atoms with E-state index in [4.69, 9.17) is 9.47 Å². The number of halogens is 2. The first-order valence-corrected chi connectivity index (χ1v) is 5.70. The molecule has 1 heterocycles. The van der Waals surface area contributed by atoms with Gasteiger partial charge in [0.2, 0.25) is 0 Å². The molecule has 0 saturated carbocycles. The molecule has 3 nitrogen and oxygen atoms in total. The van der Waals surface area contributed by atoms with Crippen molar-refractivity contribution < 1.29 is 9.47 Å². The van der Waals surface area contributed by atoms with Gasteiger partial charge in [0.1, 0.15) is 16.0 Å². The fourth-order valence-corrected chi connectivity index (χ4v) is 2.22. The maximum atomic E-state index is 5.29. The van der Waals surface area contributed by atoms with Crippen molar-refractivity contribution in [3.63, 3.8) is 0 Å². The third-order valence-electron chi connectivity index (χ3n) is 2.69. The van der Waals surface area contributed by atoms with Crippen LogP contribution in [0.1, 0.15) is 18.0 Å². The highest BCUT2D eigenvalue weighted by atomic mass is 79.9.